The summed E-state index contributed by atoms with van der Waals surface area (Å²) < 4.78 is 10.5. The lowest BCUT2D eigenvalue weighted by Gasteiger charge is -2.09. The molecule has 0 aliphatic carbocycles. The normalized spacial score (nSPS) is 11.9. The van der Waals surface area contributed by atoms with E-state index in [1.165, 1.54) is 0 Å². The van der Waals surface area contributed by atoms with Crippen molar-refractivity contribution in [2.45, 2.75) is 13.5 Å². The lowest BCUT2D eigenvalue weighted by molar-refractivity contribution is -0.120. The van der Waals surface area contributed by atoms with E-state index in [4.69, 9.17) is 9.47 Å². The molecule has 0 bridgehead atoms. The van der Waals surface area contributed by atoms with Crippen LogP contribution in [0.15, 0.2) is 42.5 Å². The molecule has 6 nitrogen and oxygen atoms in total. The van der Waals surface area contributed by atoms with Crippen LogP contribution in [0.1, 0.15) is 21.5 Å². The second kappa shape index (κ2) is 7.04. The molecular weight excluding hydrogens is 308 g/mol. The molecule has 0 saturated heterocycles. The molecular formula is C18H18N2O4. The Morgan fingerprint density at radius 3 is 2.67 bits per heavy atom. The van der Waals surface area contributed by atoms with Gasteiger partial charge in [0.15, 0.2) is 11.5 Å². The third-order valence-corrected chi connectivity index (χ3v) is 3.73. The Labute approximate surface area is 139 Å². The van der Waals surface area contributed by atoms with E-state index < -0.39 is 0 Å². The van der Waals surface area contributed by atoms with Crippen molar-refractivity contribution in [2.75, 3.05) is 13.3 Å². The highest BCUT2D eigenvalue weighted by Crippen LogP contribution is 2.32. The second-order valence-corrected chi connectivity index (χ2v) is 5.46. The molecule has 0 fully saturated rings. The summed E-state index contributed by atoms with van der Waals surface area (Å²) in [4.78, 5) is 23.9. The van der Waals surface area contributed by atoms with Crippen molar-refractivity contribution in [1.29, 1.82) is 0 Å². The van der Waals surface area contributed by atoms with E-state index in [1.54, 1.807) is 12.1 Å². The molecule has 1 aliphatic heterocycles. The molecule has 0 radical (unpaired) electrons. The van der Waals surface area contributed by atoms with Gasteiger partial charge in [-0.25, -0.2) is 0 Å². The van der Waals surface area contributed by atoms with Gasteiger partial charge in [0.05, 0.1) is 6.54 Å². The summed E-state index contributed by atoms with van der Waals surface area (Å²) >= 11 is 0. The number of carbonyl (C=O) groups excluding carboxylic acids is 2. The van der Waals surface area contributed by atoms with E-state index >= 15 is 0 Å². The van der Waals surface area contributed by atoms with E-state index in [2.05, 4.69) is 10.6 Å². The zero-order valence-electron chi connectivity index (χ0n) is 13.3. The number of hydrogen-bond acceptors (Lipinski definition) is 4. The van der Waals surface area contributed by atoms with Gasteiger partial charge >= 0.3 is 0 Å². The zero-order chi connectivity index (χ0) is 16.9. The summed E-state index contributed by atoms with van der Waals surface area (Å²) in [6.07, 6.45) is 0. The summed E-state index contributed by atoms with van der Waals surface area (Å²) in [7, 11) is 0. The number of nitrogens with one attached hydrogen (secondary N) is 2. The minimum absolute atomic E-state index is 0.0717. The maximum absolute atomic E-state index is 12.1. The van der Waals surface area contributed by atoms with Gasteiger partial charge in [-0.1, -0.05) is 24.3 Å². The van der Waals surface area contributed by atoms with Gasteiger partial charge in [0.2, 0.25) is 12.7 Å². The fraction of sp³-hybridized carbons (Fsp3) is 0.222. The van der Waals surface area contributed by atoms with Crippen molar-refractivity contribution in [3.8, 4) is 11.5 Å². The third kappa shape index (κ3) is 3.65. The molecule has 0 spiro atoms. The molecule has 0 saturated carbocycles. The molecule has 6 heteroatoms. The zero-order valence-corrected chi connectivity index (χ0v) is 13.3. The van der Waals surface area contributed by atoms with E-state index in [0.717, 1.165) is 11.1 Å². The van der Waals surface area contributed by atoms with Crippen LogP contribution in [-0.2, 0) is 11.3 Å². The average molecular weight is 326 g/mol. The highest BCUT2D eigenvalue weighted by molar-refractivity contribution is 5.97. The molecule has 0 atom stereocenters. The third-order valence-electron chi connectivity index (χ3n) is 3.73. The van der Waals surface area contributed by atoms with Crippen LogP contribution in [0.4, 0.5) is 0 Å². The number of benzene rings is 2. The summed E-state index contributed by atoms with van der Waals surface area (Å²) in [5, 5.41) is 5.38. The van der Waals surface area contributed by atoms with Crippen LogP contribution in [0.3, 0.4) is 0 Å². The maximum atomic E-state index is 12.1. The minimum atomic E-state index is -0.258. The van der Waals surface area contributed by atoms with E-state index in [1.807, 2.05) is 37.3 Å². The van der Waals surface area contributed by atoms with Gasteiger partial charge < -0.3 is 20.1 Å². The monoisotopic (exact) mass is 326 g/mol. The lowest BCUT2D eigenvalue weighted by Crippen LogP contribution is -2.36. The fourth-order valence-electron chi connectivity index (χ4n) is 2.40. The molecule has 2 N–H and O–H groups in total. The average Bonchev–Trinajstić information content (AvgIpc) is 3.06. The molecule has 1 heterocycles. The van der Waals surface area contributed by atoms with Crippen molar-refractivity contribution in [2.24, 2.45) is 0 Å². The van der Waals surface area contributed by atoms with Crippen molar-refractivity contribution in [3.05, 3.63) is 59.2 Å². The van der Waals surface area contributed by atoms with Gasteiger partial charge in [-0.3, -0.25) is 9.59 Å². The largest absolute Gasteiger partial charge is 0.454 e. The molecule has 2 amide bonds. The molecule has 124 valence electrons. The van der Waals surface area contributed by atoms with Crippen LogP contribution >= 0.6 is 0 Å². The Bertz CT molecular complexity index is 773. The Morgan fingerprint density at radius 2 is 1.83 bits per heavy atom. The Kier molecular flexibility index (Phi) is 4.65. The number of hydrogen-bond donors (Lipinski definition) is 2. The van der Waals surface area contributed by atoms with Gasteiger partial charge in [-0.05, 0) is 36.2 Å². The number of amides is 2. The van der Waals surface area contributed by atoms with Crippen molar-refractivity contribution in [1.82, 2.24) is 10.6 Å². The van der Waals surface area contributed by atoms with Gasteiger partial charge in [0.25, 0.3) is 5.91 Å². The predicted molar refractivity (Wildman–Crippen MR) is 87.9 cm³/mol. The van der Waals surface area contributed by atoms with E-state index in [-0.39, 0.29) is 25.2 Å². The van der Waals surface area contributed by atoms with Crippen LogP contribution in [0.2, 0.25) is 0 Å². The number of aryl methyl sites for hydroxylation is 1. The number of rotatable bonds is 5. The fourth-order valence-corrected chi connectivity index (χ4v) is 2.40. The topological polar surface area (TPSA) is 76.7 Å². The SMILES string of the molecule is Cc1ccccc1C(=O)NCC(=O)NCc1ccc2c(c1)OCO2. The number of carbonyl (C=O) groups is 2. The van der Waals surface area contributed by atoms with Gasteiger partial charge in [-0.2, -0.15) is 0 Å². The highest BCUT2D eigenvalue weighted by atomic mass is 16.7. The van der Waals surface area contributed by atoms with E-state index in [0.29, 0.717) is 23.6 Å². The summed E-state index contributed by atoms with van der Waals surface area (Å²) in [6.45, 7) is 2.36. The molecule has 0 aromatic heterocycles. The quantitative estimate of drug-likeness (QED) is 0.878. The molecule has 2 aromatic carbocycles. The first kappa shape index (κ1) is 15.9. The van der Waals surface area contributed by atoms with Crippen LogP contribution in [0, 0.1) is 6.92 Å². The molecule has 24 heavy (non-hydrogen) atoms. The van der Waals surface area contributed by atoms with Crippen molar-refractivity contribution in [3.63, 3.8) is 0 Å². The lowest BCUT2D eigenvalue weighted by atomic mass is 10.1. The van der Waals surface area contributed by atoms with Crippen LogP contribution in [-0.4, -0.2) is 25.2 Å². The first-order valence-electron chi connectivity index (χ1n) is 7.62. The summed E-state index contributed by atoms with van der Waals surface area (Å²) in [6, 6.07) is 12.7. The van der Waals surface area contributed by atoms with Crippen LogP contribution in [0.25, 0.3) is 0 Å². The van der Waals surface area contributed by atoms with E-state index in [9.17, 15) is 9.59 Å². The predicted octanol–water partition coefficient (Wildman–Crippen LogP) is 1.77. The number of ether oxygens (including phenoxy) is 2. The second-order valence-electron chi connectivity index (χ2n) is 5.46. The van der Waals surface area contributed by atoms with Crippen molar-refractivity contribution >= 4 is 11.8 Å². The number of fused-ring (bicyclic) bond motifs is 1. The summed E-state index contributed by atoms with van der Waals surface area (Å²) in [5.74, 6) is 0.867. The Balaban J connectivity index is 1.48. The smallest absolute Gasteiger partial charge is 0.251 e. The Morgan fingerprint density at radius 1 is 1.04 bits per heavy atom. The van der Waals surface area contributed by atoms with Crippen molar-refractivity contribution < 1.29 is 19.1 Å². The maximum Gasteiger partial charge on any atom is 0.251 e. The van der Waals surface area contributed by atoms with Gasteiger partial charge in [0.1, 0.15) is 0 Å². The first-order chi connectivity index (χ1) is 11.6. The molecule has 2 aromatic rings. The Hall–Kier alpha value is -3.02. The van der Waals surface area contributed by atoms with Gasteiger partial charge in [-0.15, -0.1) is 0 Å². The standard InChI is InChI=1S/C18H18N2O4/c1-12-4-2-3-5-14(12)18(22)20-10-17(21)19-9-13-6-7-15-16(8-13)24-11-23-15/h2-8H,9-11H2,1H3,(H,19,21)(H,20,22). The minimum Gasteiger partial charge on any atom is -0.454 e. The molecule has 1 aliphatic rings. The highest BCUT2D eigenvalue weighted by Gasteiger charge is 2.14. The molecule has 0 unspecified atom stereocenters. The van der Waals surface area contributed by atoms with Crippen LogP contribution in [0.5, 0.6) is 11.5 Å². The van der Waals surface area contributed by atoms with Gasteiger partial charge in [0, 0.05) is 12.1 Å². The first-order valence-corrected chi connectivity index (χ1v) is 7.62. The molecule has 3 rings (SSSR count). The van der Waals surface area contributed by atoms with Crippen LogP contribution < -0.4 is 20.1 Å². The summed E-state index contributed by atoms with van der Waals surface area (Å²) in [5.41, 5.74) is 2.34.